The van der Waals surface area contributed by atoms with Crippen LogP contribution in [0.15, 0.2) is 45.9 Å². The van der Waals surface area contributed by atoms with Crippen LogP contribution in [0.4, 0.5) is 0 Å². The third kappa shape index (κ3) is 2.73. The van der Waals surface area contributed by atoms with Crippen molar-refractivity contribution in [3.63, 3.8) is 0 Å². The van der Waals surface area contributed by atoms with Crippen molar-refractivity contribution in [2.24, 2.45) is 0 Å². The fraction of sp³-hybridized carbons (Fsp3) is 0.333. The number of rotatable bonds is 3. The first-order valence-electron chi connectivity index (χ1n) is 8.27. The van der Waals surface area contributed by atoms with Crippen LogP contribution in [0, 0.1) is 13.8 Å². The minimum absolute atomic E-state index is 0.247. The van der Waals surface area contributed by atoms with Crippen LogP contribution >= 0.6 is 0 Å². The van der Waals surface area contributed by atoms with Crippen molar-refractivity contribution < 1.29 is 12.9 Å². The normalized spacial score (nSPS) is 18.9. The number of aryl methyl sites for hydroxylation is 2. The Hall–Kier alpha value is -2.25. The van der Waals surface area contributed by atoms with E-state index in [0.29, 0.717) is 23.5 Å². The largest absolute Gasteiger partial charge is 0.361 e. The maximum Gasteiger partial charge on any atom is 0.245 e. The van der Waals surface area contributed by atoms with Gasteiger partial charge in [-0.2, -0.15) is 4.31 Å². The Bertz CT molecular complexity index is 1040. The number of fused-ring (bicyclic) bond motifs is 1. The average molecular weight is 357 g/mol. The molecule has 0 N–H and O–H groups in total. The molecule has 0 bridgehead atoms. The highest BCUT2D eigenvalue weighted by atomic mass is 32.2. The Balaban J connectivity index is 1.82. The zero-order chi connectivity index (χ0) is 17.6. The average Bonchev–Trinajstić information content (AvgIpc) is 3.22. The van der Waals surface area contributed by atoms with Crippen LogP contribution in [0.2, 0.25) is 0 Å². The first kappa shape index (κ1) is 16.2. The lowest BCUT2D eigenvalue weighted by molar-refractivity contribution is 0.349. The van der Waals surface area contributed by atoms with E-state index >= 15 is 0 Å². The third-order valence-electron chi connectivity index (χ3n) is 4.59. The van der Waals surface area contributed by atoms with E-state index in [0.717, 1.165) is 23.8 Å². The summed E-state index contributed by atoms with van der Waals surface area (Å²) in [5.74, 6) is 0.682. The Morgan fingerprint density at radius 2 is 2.08 bits per heavy atom. The summed E-state index contributed by atoms with van der Waals surface area (Å²) in [5, 5.41) is 4.86. The van der Waals surface area contributed by atoms with Crippen molar-refractivity contribution in [2.45, 2.75) is 37.6 Å². The molecule has 1 saturated heterocycles. The van der Waals surface area contributed by atoms with E-state index < -0.39 is 10.0 Å². The van der Waals surface area contributed by atoms with E-state index in [4.69, 9.17) is 4.52 Å². The molecular weight excluding hydrogens is 338 g/mol. The zero-order valence-corrected chi connectivity index (χ0v) is 15.0. The van der Waals surface area contributed by atoms with Crippen LogP contribution < -0.4 is 0 Å². The number of aromatic nitrogens is 2. The van der Waals surface area contributed by atoms with Gasteiger partial charge in [-0.3, -0.25) is 4.98 Å². The summed E-state index contributed by atoms with van der Waals surface area (Å²) in [5.41, 5.74) is 2.18. The summed E-state index contributed by atoms with van der Waals surface area (Å²) in [6.07, 6.45) is 3.24. The van der Waals surface area contributed by atoms with E-state index in [1.165, 1.54) is 4.31 Å². The highest BCUT2D eigenvalue weighted by molar-refractivity contribution is 7.89. The lowest BCUT2D eigenvalue weighted by Gasteiger charge is -2.23. The van der Waals surface area contributed by atoms with Gasteiger partial charge in [-0.15, -0.1) is 0 Å². The quantitative estimate of drug-likeness (QED) is 0.718. The van der Waals surface area contributed by atoms with E-state index in [9.17, 15) is 8.42 Å². The molecule has 1 aliphatic heterocycles. The molecule has 4 rings (SSSR count). The van der Waals surface area contributed by atoms with Crippen molar-refractivity contribution in [3.05, 3.63) is 53.5 Å². The first-order valence-corrected chi connectivity index (χ1v) is 9.71. The van der Waals surface area contributed by atoms with Gasteiger partial charge in [0.15, 0.2) is 0 Å². The lowest BCUT2D eigenvalue weighted by Crippen LogP contribution is -2.31. The molecule has 0 saturated carbocycles. The second-order valence-corrected chi connectivity index (χ2v) is 8.34. The highest BCUT2D eigenvalue weighted by Crippen LogP contribution is 2.37. The van der Waals surface area contributed by atoms with Gasteiger partial charge in [0.25, 0.3) is 0 Å². The Morgan fingerprint density at radius 1 is 1.24 bits per heavy atom. The van der Waals surface area contributed by atoms with Gasteiger partial charge in [0, 0.05) is 24.2 Å². The predicted molar refractivity (Wildman–Crippen MR) is 93.6 cm³/mol. The fourth-order valence-corrected chi connectivity index (χ4v) is 5.28. The molecule has 1 fully saturated rings. The first-order chi connectivity index (χ1) is 12.0. The highest BCUT2D eigenvalue weighted by Gasteiger charge is 2.38. The zero-order valence-electron chi connectivity index (χ0n) is 14.1. The molecule has 3 heterocycles. The van der Waals surface area contributed by atoms with Gasteiger partial charge in [0.2, 0.25) is 10.0 Å². The van der Waals surface area contributed by atoms with Gasteiger partial charge >= 0.3 is 0 Å². The van der Waals surface area contributed by atoms with Gasteiger partial charge in [-0.1, -0.05) is 17.3 Å². The van der Waals surface area contributed by atoms with Crippen LogP contribution in [0.5, 0.6) is 0 Å². The summed E-state index contributed by atoms with van der Waals surface area (Å²) in [4.78, 5) is 4.63. The number of para-hydroxylation sites is 1. The lowest BCUT2D eigenvalue weighted by atomic mass is 10.1. The minimum atomic E-state index is -3.68. The standard InChI is InChI=1S/C18H19N3O3S/c1-12-9-14-5-3-7-17(18(14)19-11-12)25(22,23)21-8-4-6-16(21)15-10-13(2)24-20-15/h3,5,7,9-11,16H,4,6,8H2,1-2H3/t16-/m0/s1. The Labute approximate surface area is 146 Å². The van der Waals surface area contributed by atoms with Gasteiger partial charge in [0.1, 0.15) is 16.3 Å². The second-order valence-electron chi connectivity index (χ2n) is 6.48. The number of hydrogen-bond donors (Lipinski definition) is 0. The monoisotopic (exact) mass is 357 g/mol. The molecule has 3 aromatic rings. The molecule has 1 aromatic carbocycles. The molecule has 0 spiro atoms. The fourth-order valence-electron chi connectivity index (χ4n) is 3.44. The molecule has 1 aliphatic rings. The Morgan fingerprint density at radius 3 is 2.84 bits per heavy atom. The summed E-state index contributed by atoms with van der Waals surface area (Å²) < 4.78 is 33.4. The molecule has 2 aromatic heterocycles. The molecular formula is C18H19N3O3S. The summed E-state index contributed by atoms with van der Waals surface area (Å²) in [6.45, 7) is 4.22. The van der Waals surface area contributed by atoms with Crippen LogP contribution in [-0.2, 0) is 10.0 Å². The summed E-state index contributed by atoms with van der Waals surface area (Å²) >= 11 is 0. The van der Waals surface area contributed by atoms with Crippen molar-refractivity contribution in [1.82, 2.24) is 14.4 Å². The second kappa shape index (κ2) is 5.93. The SMILES string of the molecule is Cc1cnc2c(S(=O)(=O)N3CCC[C@H]3c3cc(C)on3)cccc2c1. The van der Waals surface area contributed by atoms with Crippen molar-refractivity contribution in [3.8, 4) is 0 Å². The van der Waals surface area contributed by atoms with Crippen LogP contribution in [0.3, 0.4) is 0 Å². The number of pyridine rings is 1. The molecule has 0 unspecified atom stereocenters. The molecule has 0 amide bonds. The number of sulfonamides is 1. The number of benzene rings is 1. The van der Waals surface area contributed by atoms with E-state index in [1.807, 2.05) is 25.1 Å². The van der Waals surface area contributed by atoms with Gasteiger partial charge in [-0.05, 0) is 44.4 Å². The molecule has 7 heteroatoms. The maximum absolute atomic E-state index is 13.4. The number of nitrogens with zero attached hydrogens (tertiary/aromatic N) is 3. The van der Waals surface area contributed by atoms with Gasteiger partial charge < -0.3 is 4.52 Å². The van der Waals surface area contributed by atoms with Crippen LogP contribution in [0.1, 0.15) is 35.9 Å². The van der Waals surface area contributed by atoms with Gasteiger partial charge in [0.05, 0.1) is 11.6 Å². The summed E-state index contributed by atoms with van der Waals surface area (Å²) in [7, 11) is -3.68. The third-order valence-corrected chi connectivity index (χ3v) is 6.53. The topological polar surface area (TPSA) is 76.3 Å². The minimum Gasteiger partial charge on any atom is -0.361 e. The maximum atomic E-state index is 13.4. The molecule has 6 nitrogen and oxygen atoms in total. The predicted octanol–water partition coefficient (Wildman–Crippen LogP) is 3.37. The summed E-state index contributed by atoms with van der Waals surface area (Å²) in [6, 6.07) is 8.75. The number of hydrogen-bond acceptors (Lipinski definition) is 5. The smallest absolute Gasteiger partial charge is 0.245 e. The van der Waals surface area contributed by atoms with E-state index in [-0.39, 0.29) is 10.9 Å². The van der Waals surface area contributed by atoms with E-state index in [1.54, 1.807) is 25.3 Å². The molecule has 130 valence electrons. The van der Waals surface area contributed by atoms with Crippen molar-refractivity contribution in [1.29, 1.82) is 0 Å². The van der Waals surface area contributed by atoms with Crippen molar-refractivity contribution >= 4 is 20.9 Å². The molecule has 0 radical (unpaired) electrons. The Kier molecular flexibility index (Phi) is 3.85. The van der Waals surface area contributed by atoms with Gasteiger partial charge in [-0.25, -0.2) is 8.42 Å². The van der Waals surface area contributed by atoms with Crippen molar-refractivity contribution in [2.75, 3.05) is 6.54 Å². The van der Waals surface area contributed by atoms with E-state index in [2.05, 4.69) is 10.1 Å². The van der Waals surface area contributed by atoms with Crippen LogP contribution in [0.25, 0.3) is 10.9 Å². The molecule has 1 atom stereocenters. The molecule has 25 heavy (non-hydrogen) atoms. The molecule has 0 aliphatic carbocycles. The van der Waals surface area contributed by atoms with Crippen LogP contribution in [-0.4, -0.2) is 29.4 Å².